The summed E-state index contributed by atoms with van der Waals surface area (Å²) in [6.07, 6.45) is 3.76. The van der Waals surface area contributed by atoms with Crippen molar-refractivity contribution in [1.29, 1.82) is 0 Å². The van der Waals surface area contributed by atoms with Crippen LogP contribution in [0.4, 0.5) is 34.1 Å². The fourth-order valence-corrected chi connectivity index (χ4v) is 7.46. The number of hydrogen-bond acceptors (Lipinski definition) is 3. The predicted molar refractivity (Wildman–Crippen MR) is 183 cm³/mol. The molecule has 3 heterocycles. The van der Waals surface area contributed by atoms with E-state index in [1.165, 1.54) is 45.0 Å². The molecule has 44 heavy (non-hydrogen) atoms. The van der Waals surface area contributed by atoms with Crippen molar-refractivity contribution < 1.29 is 0 Å². The van der Waals surface area contributed by atoms with Gasteiger partial charge in [0, 0.05) is 34.6 Å². The van der Waals surface area contributed by atoms with Crippen LogP contribution in [0.5, 0.6) is 0 Å². The van der Waals surface area contributed by atoms with E-state index in [1.54, 1.807) is 0 Å². The molecular weight excluding hydrogens is 534 g/mol. The summed E-state index contributed by atoms with van der Waals surface area (Å²) in [5.74, 6) is 0. The number of rotatable bonds is 3. The normalized spacial score (nSPS) is 15.5. The van der Waals surface area contributed by atoms with E-state index < -0.39 is 0 Å². The van der Waals surface area contributed by atoms with Gasteiger partial charge in [0.1, 0.15) is 0 Å². The van der Waals surface area contributed by atoms with Crippen LogP contribution in [-0.4, -0.2) is 4.98 Å². The number of anilines is 6. The number of benzene rings is 5. The monoisotopic (exact) mass is 569 g/mol. The highest BCUT2D eigenvalue weighted by Gasteiger charge is 2.39. The molecule has 0 spiro atoms. The molecule has 0 unspecified atom stereocenters. The van der Waals surface area contributed by atoms with E-state index in [4.69, 9.17) is 0 Å². The van der Waals surface area contributed by atoms with Gasteiger partial charge in [0.2, 0.25) is 0 Å². The number of nitrogens with zero attached hydrogens (tertiary/aromatic N) is 3. The zero-order valence-corrected chi connectivity index (χ0v) is 25.6. The second kappa shape index (κ2) is 9.68. The summed E-state index contributed by atoms with van der Waals surface area (Å²) in [5, 5.41) is 0. The fraction of sp³-hybridized carbons (Fsp3) is 0.146. The van der Waals surface area contributed by atoms with E-state index in [9.17, 15) is 0 Å². The SMILES string of the molecule is CC1(C)c2ccccc2N(c2cc(-c3ccncc3)cc(N3c4ccccc4C(C)(C)c4ccccc43)c2)c2ccccc21. The first kappa shape index (κ1) is 26.5. The summed E-state index contributed by atoms with van der Waals surface area (Å²) >= 11 is 0. The second-order valence-corrected chi connectivity index (χ2v) is 13.0. The van der Waals surface area contributed by atoms with Crippen molar-refractivity contribution in [3.8, 4) is 11.1 Å². The summed E-state index contributed by atoms with van der Waals surface area (Å²) in [6, 6.07) is 46.7. The minimum absolute atomic E-state index is 0.119. The molecule has 0 N–H and O–H groups in total. The Morgan fingerprint density at radius 2 is 0.750 bits per heavy atom. The molecule has 6 aromatic rings. The Labute approximate surface area is 260 Å². The number of pyridine rings is 1. The molecule has 8 rings (SSSR count). The van der Waals surface area contributed by atoms with Gasteiger partial charge in [0.15, 0.2) is 0 Å². The zero-order valence-electron chi connectivity index (χ0n) is 25.6. The minimum atomic E-state index is -0.119. The molecular formula is C41H35N3. The van der Waals surface area contributed by atoms with Crippen LogP contribution in [-0.2, 0) is 10.8 Å². The van der Waals surface area contributed by atoms with Crippen LogP contribution in [0.1, 0.15) is 49.9 Å². The number of para-hydroxylation sites is 4. The Bertz CT molecular complexity index is 1820. The highest BCUT2D eigenvalue weighted by molar-refractivity contribution is 5.93. The smallest absolute Gasteiger partial charge is 0.0502 e. The van der Waals surface area contributed by atoms with Gasteiger partial charge in [-0.2, -0.15) is 0 Å². The maximum Gasteiger partial charge on any atom is 0.0502 e. The first-order valence-corrected chi connectivity index (χ1v) is 15.4. The molecule has 0 saturated heterocycles. The van der Waals surface area contributed by atoms with E-state index >= 15 is 0 Å². The maximum atomic E-state index is 4.33. The van der Waals surface area contributed by atoms with Crippen molar-refractivity contribution in [3.05, 3.63) is 162 Å². The van der Waals surface area contributed by atoms with Gasteiger partial charge in [0.05, 0.1) is 22.7 Å². The number of aromatic nitrogens is 1. The lowest BCUT2D eigenvalue weighted by molar-refractivity contribution is 0.631. The molecule has 5 aromatic carbocycles. The van der Waals surface area contributed by atoms with Crippen LogP contribution < -0.4 is 9.80 Å². The van der Waals surface area contributed by atoms with Crippen molar-refractivity contribution in [2.24, 2.45) is 0 Å². The van der Waals surface area contributed by atoms with Gasteiger partial charge in [-0.05, 0) is 88.0 Å². The molecule has 214 valence electrons. The Kier molecular flexibility index (Phi) is 5.83. The van der Waals surface area contributed by atoms with Crippen LogP contribution in [0.2, 0.25) is 0 Å². The molecule has 0 atom stereocenters. The van der Waals surface area contributed by atoms with E-state index in [2.05, 4.69) is 170 Å². The quantitative estimate of drug-likeness (QED) is 0.211. The van der Waals surface area contributed by atoms with Crippen LogP contribution in [0.25, 0.3) is 11.1 Å². The molecule has 2 aliphatic rings. The lowest BCUT2D eigenvalue weighted by Crippen LogP contribution is -2.31. The van der Waals surface area contributed by atoms with Gasteiger partial charge in [-0.25, -0.2) is 0 Å². The molecule has 1 aromatic heterocycles. The summed E-state index contributed by atoms with van der Waals surface area (Å²) in [4.78, 5) is 9.23. The van der Waals surface area contributed by atoms with Crippen molar-refractivity contribution in [3.63, 3.8) is 0 Å². The zero-order chi connectivity index (χ0) is 30.1. The van der Waals surface area contributed by atoms with Crippen molar-refractivity contribution >= 4 is 34.1 Å². The molecule has 2 aliphatic heterocycles. The Morgan fingerprint density at radius 1 is 0.409 bits per heavy atom. The van der Waals surface area contributed by atoms with Crippen LogP contribution in [0.15, 0.2) is 140 Å². The topological polar surface area (TPSA) is 19.4 Å². The Hall–Kier alpha value is -5.15. The molecule has 0 radical (unpaired) electrons. The lowest BCUT2D eigenvalue weighted by atomic mass is 9.73. The van der Waals surface area contributed by atoms with Crippen LogP contribution in [0, 0.1) is 0 Å². The summed E-state index contributed by atoms with van der Waals surface area (Å²) in [6.45, 7) is 9.35. The van der Waals surface area contributed by atoms with Gasteiger partial charge in [0.25, 0.3) is 0 Å². The third-order valence-electron chi connectivity index (χ3n) is 9.71. The van der Waals surface area contributed by atoms with Gasteiger partial charge in [-0.3, -0.25) is 4.98 Å². The van der Waals surface area contributed by atoms with Gasteiger partial charge in [-0.1, -0.05) is 100 Å². The summed E-state index contributed by atoms with van der Waals surface area (Å²) < 4.78 is 0. The molecule has 0 aliphatic carbocycles. The molecule has 3 nitrogen and oxygen atoms in total. The average molecular weight is 570 g/mol. The predicted octanol–water partition coefficient (Wildman–Crippen LogP) is 11.0. The Morgan fingerprint density at radius 3 is 1.11 bits per heavy atom. The third kappa shape index (κ3) is 3.85. The van der Waals surface area contributed by atoms with Crippen molar-refractivity contribution in [2.45, 2.75) is 38.5 Å². The van der Waals surface area contributed by atoms with Gasteiger partial charge >= 0.3 is 0 Å². The van der Waals surface area contributed by atoms with Gasteiger partial charge in [-0.15, -0.1) is 0 Å². The van der Waals surface area contributed by atoms with E-state index in [0.29, 0.717) is 0 Å². The molecule has 3 heteroatoms. The highest BCUT2D eigenvalue weighted by atomic mass is 15.2. The average Bonchev–Trinajstić information content (AvgIpc) is 3.06. The van der Waals surface area contributed by atoms with E-state index in [0.717, 1.165) is 22.5 Å². The second-order valence-electron chi connectivity index (χ2n) is 13.0. The summed E-state index contributed by atoms with van der Waals surface area (Å²) in [5.41, 5.74) is 14.5. The largest absolute Gasteiger partial charge is 0.310 e. The van der Waals surface area contributed by atoms with Crippen LogP contribution in [0.3, 0.4) is 0 Å². The van der Waals surface area contributed by atoms with Gasteiger partial charge < -0.3 is 9.80 Å². The standard InChI is InChI=1S/C41H35N3/c1-40(2)32-13-5-9-17-36(32)43(37-18-10-6-14-33(37)40)30-25-29(28-21-23-42-24-22-28)26-31(27-30)44-38-19-11-7-15-34(38)41(3,4)35-16-8-12-20-39(35)44/h5-27H,1-4H3. The third-order valence-corrected chi connectivity index (χ3v) is 9.71. The number of hydrogen-bond donors (Lipinski definition) is 0. The Balaban J connectivity index is 1.43. The maximum absolute atomic E-state index is 4.33. The van der Waals surface area contributed by atoms with Crippen molar-refractivity contribution in [1.82, 2.24) is 4.98 Å². The molecule has 0 amide bonds. The van der Waals surface area contributed by atoms with E-state index in [-0.39, 0.29) is 10.8 Å². The molecule has 0 saturated carbocycles. The first-order chi connectivity index (χ1) is 21.4. The first-order valence-electron chi connectivity index (χ1n) is 15.4. The van der Waals surface area contributed by atoms with E-state index in [1.807, 2.05) is 12.4 Å². The van der Waals surface area contributed by atoms with Crippen molar-refractivity contribution in [2.75, 3.05) is 9.80 Å². The summed E-state index contributed by atoms with van der Waals surface area (Å²) in [7, 11) is 0. The molecule has 0 fully saturated rings. The fourth-order valence-electron chi connectivity index (χ4n) is 7.46. The highest BCUT2D eigenvalue weighted by Crippen LogP contribution is 2.55. The number of fused-ring (bicyclic) bond motifs is 4. The lowest BCUT2D eigenvalue weighted by Gasteiger charge is -2.43. The molecule has 0 bridgehead atoms. The van der Waals surface area contributed by atoms with Crippen LogP contribution >= 0.6 is 0 Å². The minimum Gasteiger partial charge on any atom is -0.310 e.